The third-order valence-electron chi connectivity index (χ3n) is 3.80. The average Bonchev–Trinajstić information content (AvgIpc) is 2.92. The van der Waals surface area contributed by atoms with E-state index < -0.39 is 0 Å². The van der Waals surface area contributed by atoms with E-state index in [9.17, 15) is 0 Å². The molecule has 0 unspecified atom stereocenters. The molecule has 0 atom stereocenters. The molecule has 1 aromatic carbocycles. The highest BCUT2D eigenvalue weighted by atomic mass is 79.9. The summed E-state index contributed by atoms with van der Waals surface area (Å²) in [6.07, 6.45) is 0. The smallest absolute Gasteiger partial charge is 0.215 e. The van der Waals surface area contributed by atoms with E-state index in [4.69, 9.17) is 4.42 Å². The Kier molecular flexibility index (Phi) is 2.42. The second-order valence-electron chi connectivity index (χ2n) is 5.22. The van der Waals surface area contributed by atoms with Gasteiger partial charge in [-0.3, -0.25) is 0 Å². The first-order chi connectivity index (χ1) is 9.63. The third-order valence-corrected chi connectivity index (χ3v) is 4.29. The van der Waals surface area contributed by atoms with Crippen LogP contribution in [0.3, 0.4) is 0 Å². The Labute approximate surface area is 124 Å². The van der Waals surface area contributed by atoms with Gasteiger partial charge in [-0.2, -0.15) is 0 Å². The topological polar surface area (TPSA) is 27.3 Å². The van der Waals surface area contributed by atoms with Crippen molar-refractivity contribution in [3.05, 3.63) is 52.2 Å². The molecular formula is C17H13BrNO+. The van der Waals surface area contributed by atoms with E-state index >= 15 is 0 Å². The number of furan rings is 1. The van der Waals surface area contributed by atoms with Gasteiger partial charge < -0.3 is 4.42 Å². The molecular weight excluding hydrogens is 314 g/mol. The predicted octanol–water partition coefficient (Wildman–Crippen LogP) is 4.88. The van der Waals surface area contributed by atoms with Gasteiger partial charge in [0.25, 0.3) is 0 Å². The maximum Gasteiger partial charge on any atom is 0.215 e. The number of H-pyrrole nitrogens is 1. The summed E-state index contributed by atoms with van der Waals surface area (Å²) in [5.41, 5.74) is 5.57. The van der Waals surface area contributed by atoms with Gasteiger partial charge in [-0.1, -0.05) is 22.0 Å². The van der Waals surface area contributed by atoms with Gasteiger partial charge in [0.1, 0.15) is 16.9 Å². The zero-order valence-corrected chi connectivity index (χ0v) is 12.8. The average molecular weight is 327 g/mol. The molecule has 2 aromatic rings. The zero-order valence-electron chi connectivity index (χ0n) is 11.3. The molecule has 1 aliphatic carbocycles. The van der Waals surface area contributed by atoms with Crippen LogP contribution in [0.1, 0.15) is 11.3 Å². The molecule has 20 heavy (non-hydrogen) atoms. The molecule has 2 aliphatic rings. The Bertz CT molecular complexity index is 939. The van der Waals surface area contributed by atoms with Crippen LogP contribution in [0.5, 0.6) is 0 Å². The van der Waals surface area contributed by atoms with Gasteiger partial charge in [0.2, 0.25) is 11.2 Å². The second kappa shape index (κ2) is 4.06. The summed E-state index contributed by atoms with van der Waals surface area (Å²) in [5, 5.41) is 2.37. The molecule has 0 saturated heterocycles. The minimum absolute atomic E-state index is 0.946. The van der Waals surface area contributed by atoms with Crippen molar-refractivity contribution in [3.8, 4) is 11.3 Å². The number of rotatable bonds is 0. The summed E-state index contributed by atoms with van der Waals surface area (Å²) in [5.74, 6) is 0.946. The number of fused-ring (bicyclic) bond motifs is 5. The Hall–Kier alpha value is -1.87. The summed E-state index contributed by atoms with van der Waals surface area (Å²) in [4.78, 5) is 3.48. The SMILES string of the molecule is Cc1cc2c(C)ccc3[nH+]c4cc(Br)ccc4c-3c2o1. The molecule has 3 heteroatoms. The van der Waals surface area contributed by atoms with Gasteiger partial charge in [0.05, 0.1) is 5.39 Å². The van der Waals surface area contributed by atoms with Gasteiger partial charge >= 0.3 is 0 Å². The number of aromatic nitrogens is 1. The fourth-order valence-electron chi connectivity index (χ4n) is 2.85. The predicted molar refractivity (Wildman–Crippen MR) is 84.1 cm³/mol. The van der Waals surface area contributed by atoms with E-state index in [0.29, 0.717) is 0 Å². The van der Waals surface area contributed by atoms with Crippen LogP contribution in [-0.2, 0) is 0 Å². The number of aryl methyl sites for hydroxylation is 2. The van der Waals surface area contributed by atoms with Crippen molar-refractivity contribution in [2.75, 3.05) is 0 Å². The number of halogens is 1. The zero-order chi connectivity index (χ0) is 13.9. The number of hydrogen-bond acceptors (Lipinski definition) is 1. The maximum absolute atomic E-state index is 5.99. The van der Waals surface area contributed by atoms with Crippen molar-refractivity contribution in [2.24, 2.45) is 0 Å². The Balaban J connectivity index is 2.30. The third kappa shape index (κ3) is 1.59. The molecule has 0 saturated carbocycles. The van der Waals surface area contributed by atoms with Crippen molar-refractivity contribution in [3.63, 3.8) is 0 Å². The lowest BCUT2D eigenvalue weighted by atomic mass is 10.1. The molecule has 0 radical (unpaired) electrons. The van der Waals surface area contributed by atoms with E-state index in [1.54, 1.807) is 0 Å². The number of benzene rings is 1. The second-order valence-corrected chi connectivity index (χ2v) is 6.14. The number of hydrogen-bond donors (Lipinski definition) is 0. The van der Waals surface area contributed by atoms with Gasteiger partial charge in [-0.15, -0.1) is 0 Å². The largest absolute Gasteiger partial charge is 0.460 e. The number of nitrogens with one attached hydrogen (secondary N) is 1. The molecule has 0 fully saturated rings. The lowest BCUT2D eigenvalue weighted by molar-refractivity contribution is -0.327. The molecule has 1 N–H and O–H groups in total. The van der Waals surface area contributed by atoms with E-state index in [0.717, 1.165) is 32.6 Å². The van der Waals surface area contributed by atoms with Gasteiger partial charge in [0.15, 0.2) is 0 Å². The van der Waals surface area contributed by atoms with E-state index in [1.807, 2.05) is 6.92 Å². The lowest BCUT2D eigenvalue weighted by Gasteiger charge is -1.91. The first kappa shape index (κ1) is 11.9. The van der Waals surface area contributed by atoms with Crippen LogP contribution in [0.25, 0.3) is 33.1 Å². The minimum atomic E-state index is 0.946. The van der Waals surface area contributed by atoms with Gasteiger partial charge in [0, 0.05) is 22.0 Å². The van der Waals surface area contributed by atoms with E-state index in [-0.39, 0.29) is 0 Å². The van der Waals surface area contributed by atoms with Crippen LogP contribution in [0.15, 0.2) is 45.3 Å². The summed E-state index contributed by atoms with van der Waals surface area (Å²) < 4.78 is 7.06. The van der Waals surface area contributed by atoms with E-state index in [1.165, 1.54) is 16.3 Å². The van der Waals surface area contributed by atoms with Crippen molar-refractivity contribution < 1.29 is 9.40 Å². The molecule has 0 amide bonds. The fraction of sp³-hybridized carbons (Fsp3) is 0.118. The van der Waals surface area contributed by atoms with Crippen molar-refractivity contribution in [1.29, 1.82) is 0 Å². The molecule has 2 nitrogen and oxygen atoms in total. The van der Waals surface area contributed by atoms with Crippen LogP contribution < -0.4 is 4.98 Å². The monoisotopic (exact) mass is 326 g/mol. The molecule has 2 heterocycles. The van der Waals surface area contributed by atoms with Gasteiger partial charge in [-0.05, 0) is 37.6 Å². The van der Waals surface area contributed by atoms with Crippen LogP contribution in [0, 0.1) is 13.8 Å². The minimum Gasteiger partial charge on any atom is -0.460 e. The standard InChI is InChI=1S/C17H12BrNO/c1-9-3-6-14-16(17-13(9)7-10(2)20-17)12-5-4-11(18)8-15(12)19-14/h3-8H,1-2H3/p+1. The van der Waals surface area contributed by atoms with Crippen molar-refractivity contribution >= 4 is 37.8 Å². The first-order valence-electron chi connectivity index (χ1n) is 6.57. The highest BCUT2D eigenvalue weighted by molar-refractivity contribution is 9.10. The molecule has 1 aromatic heterocycles. The Morgan fingerprint density at radius 3 is 2.70 bits per heavy atom. The van der Waals surface area contributed by atoms with Crippen molar-refractivity contribution in [1.82, 2.24) is 0 Å². The molecule has 0 spiro atoms. The maximum atomic E-state index is 5.99. The molecule has 0 bridgehead atoms. The summed E-state index contributed by atoms with van der Waals surface area (Å²) >= 11 is 3.52. The van der Waals surface area contributed by atoms with Crippen LogP contribution in [0.2, 0.25) is 0 Å². The highest BCUT2D eigenvalue weighted by Crippen LogP contribution is 2.37. The quantitative estimate of drug-likeness (QED) is 0.452. The number of aromatic amines is 1. The molecule has 98 valence electrons. The van der Waals surface area contributed by atoms with Gasteiger partial charge in [-0.25, -0.2) is 4.98 Å². The van der Waals surface area contributed by atoms with Crippen LogP contribution in [-0.4, -0.2) is 0 Å². The summed E-state index contributed by atoms with van der Waals surface area (Å²) in [6, 6.07) is 12.7. The first-order valence-corrected chi connectivity index (χ1v) is 7.37. The fourth-order valence-corrected chi connectivity index (χ4v) is 3.21. The molecule has 4 rings (SSSR count). The summed E-state index contributed by atoms with van der Waals surface area (Å²) in [7, 11) is 0. The Morgan fingerprint density at radius 1 is 1.00 bits per heavy atom. The van der Waals surface area contributed by atoms with Crippen LogP contribution in [0.4, 0.5) is 0 Å². The highest BCUT2D eigenvalue weighted by Gasteiger charge is 2.23. The van der Waals surface area contributed by atoms with E-state index in [2.05, 4.69) is 64.2 Å². The lowest BCUT2D eigenvalue weighted by Crippen LogP contribution is -1.98. The Morgan fingerprint density at radius 2 is 1.85 bits per heavy atom. The molecule has 1 aliphatic heterocycles. The summed E-state index contributed by atoms with van der Waals surface area (Å²) in [6.45, 7) is 4.12. The normalized spacial score (nSPS) is 11.8. The van der Waals surface area contributed by atoms with Crippen molar-refractivity contribution in [2.45, 2.75) is 13.8 Å². The van der Waals surface area contributed by atoms with Crippen LogP contribution >= 0.6 is 15.9 Å².